The Bertz CT molecular complexity index is 1290. The lowest BCUT2D eigenvalue weighted by Gasteiger charge is -2.14. The maximum absolute atomic E-state index is 9.55. The van der Waals surface area contributed by atoms with Crippen LogP contribution in [0.15, 0.2) is 47.6 Å². The SMILES string of the molecule is COCc1cc(C)nc(NN=Cc2cc(I)c(OCc3ccccc3C#N)c(OC)c2)c1C#N. The number of halogens is 1. The molecule has 0 bridgehead atoms. The van der Waals surface area contributed by atoms with Crippen LogP contribution in [0.2, 0.25) is 0 Å². The summed E-state index contributed by atoms with van der Waals surface area (Å²) >= 11 is 2.17. The molecule has 0 saturated carbocycles. The highest BCUT2D eigenvalue weighted by atomic mass is 127. The molecule has 0 radical (unpaired) electrons. The van der Waals surface area contributed by atoms with E-state index in [1.54, 1.807) is 32.6 Å². The molecule has 3 rings (SSSR count). The summed E-state index contributed by atoms with van der Waals surface area (Å²) in [7, 11) is 3.14. The number of aromatic nitrogens is 1. The number of rotatable bonds is 9. The topological polar surface area (TPSA) is 113 Å². The van der Waals surface area contributed by atoms with Gasteiger partial charge in [-0.15, -0.1) is 0 Å². The summed E-state index contributed by atoms with van der Waals surface area (Å²) < 4.78 is 17.5. The first-order chi connectivity index (χ1) is 16.5. The minimum absolute atomic E-state index is 0.241. The summed E-state index contributed by atoms with van der Waals surface area (Å²) in [6.45, 7) is 2.39. The fraction of sp³-hybridized carbons (Fsp3) is 0.200. The van der Waals surface area contributed by atoms with Crippen LogP contribution in [0, 0.1) is 33.2 Å². The molecule has 1 heterocycles. The Labute approximate surface area is 211 Å². The summed E-state index contributed by atoms with van der Waals surface area (Å²) in [6.07, 6.45) is 1.61. The minimum atomic E-state index is 0.241. The van der Waals surface area contributed by atoms with Crippen LogP contribution in [-0.2, 0) is 18.0 Å². The molecule has 1 aromatic heterocycles. The van der Waals surface area contributed by atoms with Gasteiger partial charge < -0.3 is 14.2 Å². The van der Waals surface area contributed by atoms with Gasteiger partial charge in [0, 0.05) is 23.9 Å². The number of anilines is 1. The maximum atomic E-state index is 9.55. The number of pyridine rings is 1. The predicted octanol–water partition coefficient (Wildman–Crippen LogP) is 4.92. The number of nitrogens with one attached hydrogen (secondary N) is 1. The van der Waals surface area contributed by atoms with E-state index in [2.05, 4.69) is 50.2 Å². The van der Waals surface area contributed by atoms with Crippen molar-refractivity contribution in [1.29, 1.82) is 10.5 Å². The molecule has 0 amide bonds. The smallest absolute Gasteiger partial charge is 0.174 e. The van der Waals surface area contributed by atoms with Gasteiger partial charge in [-0.3, -0.25) is 5.43 Å². The van der Waals surface area contributed by atoms with Gasteiger partial charge in [0.2, 0.25) is 0 Å². The fourth-order valence-corrected chi connectivity index (χ4v) is 4.02. The van der Waals surface area contributed by atoms with Crippen molar-refractivity contribution >= 4 is 34.6 Å². The van der Waals surface area contributed by atoms with Crippen molar-refractivity contribution in [2.45, 2.75) is 20.1 Å². The summed E-state index contributed by atoms with van der Waals surface area (Å²) in [4.78, 5) is 4.38. The second-order valence-corrected chi connectivity index (χ2v) is 8.32. The van der Waals surface area contributed by atoms with Crippen LogP contribution >= 0.6 is 22.6 Å². The molecule has 0 atom stereocenters. The zero-order valence-corrected chi connectivity index (χ0v) is 21.1. The molecule has 34 heavy (non-hydrogen) atoms. The number of hydrogen-bond donors (Lipinski definition) is 1. The lowest BCUT2D eigenvalue weighted by molar-refractivity contribution is 0.184. The number of hydrazone groups is 1. The van der Waals surface area contributed by atoms with E-state index in [0.29, 0.717) is 35.1 Å². The minimum Gasteiger partial charge on any atom is -0.493 e. The summed E-state index contributed by atoms with van der Waals surface area (Å²) in [5, 5.41) is 23.1. The van der Waals surface area contributed by atoms with E-state index in [0.717, 1.165) is 26.0 Å². The first-order valence-electron chi connectivity index (χ1n) is 10.2. The summed E-state index contributed by atoms with van der Waals surface area (Å²) in [5.74, 6) is 1.48. The third-order valence-electron chi connectivity index (χ3n) is 4.79. The number of nitrogens with zero attached hydrogens (tertiary/aromatic N) is 4. The van der Waals surface area contributed by atoms with Crippen molar-refractivity contribution in [3.05, 3.63) is 79.5 Å². The largest absolute Gasteiger partial charge is 0.493 e. The molecular formula is C25H22IN5O3. The number of methoxy groups -OCH3 is 2. The first-order valence-corrected chi connectivity index (χ1v) is 11.3. The Balaban J connectivity index is 1.80. The van der Waals surface area contributed by atoms with Gasteiger partial charge in [0.25, 0.3) is 0 Å². The number of hydrogen-bond acceptors (Lipinski definition) is 8. The molecule has 0 aliphatic carbocycles. The average Bonchev–Trinajstić information content (AvgIpc) is 2.83. The van der Waals surface area contributed by atoms with Crippen LogP contribution in [0.5, 0.6) is 11.5 Å². The second kappa shape index (κ2) is 12.0. The van der Waals surface area contributed by atoms with E-state index >= 15 is 0 Å². The van der Waals surface area contributed by atoms with Gasteiger partial charge in [0.05, 0.1) is 35.1 Å². The molecule has 3 aromatic rings. The molecule has 0 saturated heterocycles. The van der Waals surface area contributed by atoms with E-state index in [1.807, 2.05) is 37.3 Å². The van der Waals surface area contributed by atoms with Crippen molar-refractivity contribution in [2.24, 2.45) is 5.10 Å². The highest BCUT2D eigenvalue weighted by molar-refractivity contribution is 14.1. The standard InChI is InChI=1S/C25H22IN5O3/c1-16-8-20(14-32-2)21(12-28)25(30-16)31-29-13-17-9-22(26)24(23(10-17)33-3)34-15-19-7-5-4-6-18(19)11-27/h4-10,13H,14-15H2,1-3H3,(H,30,31). The fourth-order valence-electron chi connectivity index (χ4n) is 3.24. The van der Waals surface area contributed by atoms with Crippen molar-refractivity contribution in [2.75, 3.05) is 19.6 Å². The monoisotopic (exact) mass is 567 g/mol. The lowest BCUT2D eigenvalue weighted by atomic mass is 10.1. The Morgan fingerprint density at radius 2 is 1.88 bits per heavy atom. The molecule has 172 valence electrons. The maximum Gasteiger partial charge on any atom is 0.174 e. The quantitative estimate of drug-likeness (QED) is 0.222. The zero-order chi connectivity index (χ0) is 24.5. The van der Waals surface area contributed by atoms with Crippen molar-refractivity contribution in [3.8, 4) is 23.6 Å². The number of aryl methyl sites for hydroxylation is 1. The van der Waals surface area contributed by atoms with Gasteiger partial charge in [-0.2, -0.15) is 15.6 Å². The third kappa shape index (κ3) is 6.01. The molecule has 2 aromatic carbocycles. The Hall–Kier alpha value is -3.67. The van der Waals surface area contributed by atoms with E-state index in [1.165, 1.54) is 0 Å². The normalized spacial score (nSPS) is 10.5. The van der Waals surface area contributed by atoms with E-state index in [9.17, 15) is 10.5 Å². The highest BCUT2D eigenvalue weighted by Crippen LogP contribution is 2.34. The third-order valence-corrected chi connectivity index (χ3v) is 5.59. The van der Waals surface area contributed by atoms with Gasteiger partial charge >= 0.3 is 0 Å². The lowest BCUT2D eigenvalue weighted by Crippen LogP contribution is -2.04. The molecular weight excluding hydrogens is 545 g/mol. The first kappa shape index (κ1) is 25.0. The van der Waals surface area contributed by atoms with E-state index in [4.69, 9.17) is 14.2 Å². The van der Waals surface area contributed by atoms with Crippen molar-refractivity contribution in [3.63, 3.8) is 0 Å². The van der Waals surface area contributed by atoms with Gasteiger partial charge in [0.1, 0.15) is 18.2 Å². The zero-order valence-electron chi connectivity index (χ0n) is 18.9. The molecule has 0 spiro atoms. The molecule has 8 nitrogen and oxygen atoms in total. The Morgan fingerprint density at radius 3 is 2.59 bits per heavy atom. The molecule has 1 N–H and O–H groups in total. The van der Waals surface area contributed by atoms with Gasteiger partial charge in [0.15, 0.2) is 17.3 Å². The van der Waals surface area contributed by atoms with Crippen LogP contribution in [0.1, 0.15) is 33.5 Å². The number of ether oxygens (including phenoxy) is 3. The van der Waals surface area contributed by atoms with Crippen LogP contribution in [0.4, 0.5) is 5.82 Å². The molecule has 0 aliphatic rings. The highest BCUT2D eigenvalue weighted by Gasteiger charge is 2.13. The van der Waals surface area contributed by atoms with E-state index in [-0.39, 0.29) is 6.61 Å². The van der Waals surface area contributed by atoms with Gasteiger partial charge in [-0.25, -0.2) is 4.98 Å². The van der Waals surface area contributed by atoms with Gasteiger partial charge in [-0.1, -0.05) is 18.2 Å². The molecule has 9 heteroatoms. The number of nitriles is 2. The Morgan fingerprint density at radius 1 is 1.09 bits per heavy atom. The second-order valence-electron chi connectivity index (χ2n) is 7.15. The van der Waals surface area contributed by atoms with Crippen molar-refractivity contribution < 1.29 is 14.2 Å². The average molecular weight is 567 g/mol. The predicted molar refractivity (Wildman–Crippen MR) is 137 cm³/mol. The molecule has 0 unspecified atom stereocenters. The summed E-state index contributed by atoms with van der Waals surface area (Å²) in [6, 6.07) is 17.1. The number of benzene rings is 2. The van der Waals surface area contributed by atoms with Gasteiger partial charge in [-0.05, 0) is 59.3 Å². The Kier molecular flexibility index (Phi) is 8.79. The van der Waals surface area contributed by atoms with Crippen LogP contribution < -0.4 is 14.9 Å². The van der Waals surface area contributed by atoms with Crippen LogP contribution in [0.25, 0.3) is 0 Å². The molecule has 0 fully saturated rings. The van der Waals surface area contributed by atoms with Crippen LogP contribution in [-0.4, -0.2) is 25.4 Å². The van der Waals surface area contributed by atoms with Crippen molar-refractivity contribution in [1.82, 2.24) is 4.98 Å². The molecule has 0 aliphatic heterocycles. The van der Waals surface area contributed by atoms with Crippen LogP contribution in [0.3, 0.4) is 0 Å². The van der Waals surface area contributed by atoms with E-state index < -0.39 is 0 Å². The summed E-state index contributed by atoms with van der Waals surface area (Å²) in [5.41, 5.74) is 6.87.